The predicted octanol–water partition coefficient (Wildman–Crippen LogP) is 13.0. The number of pyridine rings is 2. The van der Waals surface area contributed by atoms with Gasteiger partial charge in [-0.3, -0.25) is 0 Å². The van der Waals surface area contributed by atoms with Crippen LogP contribution in [0.5, 0.6) is 23.0 Å². The summed E-state index contributed by atoms with van der Waals surface area (Å²) < 4.78 is 99.4. The zero-order valence-corrected chi connectivity index (χ0v) is 32.0. The molecule has 6 heteroatoms. The number of benzene rings is 5. The van der Waals surface area contributed by atoms with Gasteiger partial charge in [-0.25, -0.2) is 0 Å². The molecule has 2 aromatic heterocycles. The van der Waals surface area contributed by atoms with Crippen molar-refractivity contribution in [2.24, 2.45) is 5.41 Å². The van der Waals surface area contributed by atoms with E-state index >= 15 is 0 Å². The molecule has 5 nitrogen and oxygen atoms in total. The fourth-order valence-electron chi connectivity index (χ4n) is 6.34. The summed E-state index contributed by atoms with van der Waals surface area (Å²) in [4.78, 5) is 10.9. The molecule has 0 amide bonds. The van der Waals surface area contributed by atoms with E-state index in [4.69, 9.17) is 24.6 Å². The second kappa shape index (κ2) is 15.1. The van der Waals surface area contributed by atoms with Crippen LogP contribution in [0.2, 0.25) is 0 Å². The Morgan fingerprint density at radius 1 is 0.704 bits per heavy atom. The second-order valence-corrected chi connectivity index (χ2v) is 13.6. The smallest absolute Gasteiger partial charge is 0.138 e. The van der Waals surface area contributed by atoms with Gasteiger partial charge in [-0.2, -0.15) is 0 Å². The van der Waals surface area contributed by atoms with Gasteiger partial charge >= 0.3 is 0 Å². The minimum atomic E-state index is -2.50. The first kappa shape index (κ1) is 25.5. The molecule has 0 atom stereocenters. The normalized spacial score (nSPS) is 16.1. The molecule has 0 bridgehead atoms. The molecule has 0 saturated heterocycles. The Kier molecular flexibility index (Phi) is 7.10. The summed E-state index contributed by atoms with van der Waals surface area (Å²) in [6.45, 7) is -1.51. The number of rotatable bonds is 4. The van der Waals surface area contributed by atoms with Gasteiger partial charge in [0.1, 0.15) is 11.5 Å². The fourth-order valence-corrected chi connectivity index (χ4v) is 6.34. The zero-order chi connectivity index (χ0) is 46.0. The maximum Gasteiger partial charge on any atom is 0.138 e. The van der Waals surface area contributed by atoms with E-state index in [9.17, 15) is 0 Å². The largest absolute Gasteiger partial charge is 0.497 e. The van der Waals surface area contributed by atoms with E-state index in [1.165, 1.54) is 30.5 Å². The Hall–Kier alpha value is -5.55. The first-order valence-corrected chi connectivity index (χ1v) is 17.1. The summed E-state index contributed by atoms with van der Waals surface area (Å²) in [5.74, 6) is 2.72. The van der Waals surface area contributed by atoms with Crippen molar-refractivity contribution in [3.8, 4) is 56.6 Å². The van der Waals surface area contributed by atoms with Gasteiger partial charge in [0, 0.05) is 53.3 Å². The van der Waals surface area contributed by atoms with E-state index in [0.717, 1.165) is 28.6 Å². The molecule has 5 aromatic carbocycles. The van der Waals surface area contributed by atoms with E-state index in [2.05, 4.69) is 27.0 Å². The van der Waals surface area contributed by atoms with Crippen LogP contribution in [-0.4, -0.2) is 9.97 Å². The number of fused-ring (bicyclic) bond motifs is 4. The fraction of sp³-hybridized carbons (Fsp3) is 0.167. The molecule has 0 fully saturated rings. The molecule has 2 aliphatic rings. The summed E-state index contributed by atoms with van der Waals surface area (Å²) >= 11 is 0. The SMILES string of the molecule is [2H]C([2H])([2H])c1c[c-]c(-c2cc(-c3ccccc3C([2H])([2H])[2H])c(C([2H])([2H])[2H])cn2)cc1.[2H]C([2H])(c1ccnc(-c2[c-]cc3c4c2Oc2ccccc2N4c2ccccc2O3)c1)C(C)(C)C.[Ir]. The number of nitrogens with zero attached hydrogens (tertiary/aromatic N) is 3. The molecule has 7 aromatic rings. The second-order valence-electron chi connectivity index (χ2n) is 13.6. The third-order valence-corrected chi connectivity index (χ3v) is 8.64. The number of aryl methyl sites for hydroxylation is 3. The summed E-state index contributed by atoms with van der Waals surface area (Å²) in [6.07, 6.45) is 1.31. The molecule has 0 N–H and O–H groups in total. The molecule has 4 heterocycles. The third kappa shape index (κ3) is 7.33. The van der Waals surface area contributed by atoms with Crippen molar-refractivity contribution in [2.75, 3.05) is 4.90 Å². The first-order chi connectivity index (χ1) is 30.0. The Morgan fingerprint density at radius 3 is 2.17 bits per heavy atom. The van der Waals surface area contributed by atoms with E-state index in [-0.39, 0.29) is 47.9 Å². The van der Waals surface area contributed by atoms with Crippen LogP contribution in [0.4, 0.5) is 17.1 Å². The standard InChI is InChI=1S/C28H23N2O2.C20H18N.Ir/c1-28(2,3)17-18-14-15-29-20(16-18)19-12-13-25-26-27(19)32-24-11-7-5-9-22(24)30(26)21-8-4-6-10-23(21)31-25;1-14-8-10-17(11-9-14)20-12-19(16(3)13-21-20)18-7-5-4-6-15(18)2;/h4-11,13-16H,17H2,1-3H3;4-10,12-13H,1-3H3;/q2*-1;/i17D2;1D3,2D3,3D3;. The predicted molar refractivity (Wildman–Crippen MR) is 215 cm³/mol. The van der Waals surface area contributed by atoms with Crippen LogP contribution in [-0.2, 0) is 26.5 Å². The van der Waals surface area contributed by atoms with Crippen LogP contribution >= 0.6 is 0 Å². The quantitative estimate of drug-likeness (QED) is 0.165. The third-order valence-electron chi connectivity index (χ3n) is 8.64. The topological polar surface area (TPSA) is 47.5 Å². The summed E-state index contributed by atoms with van der Waals surface area (Å²) in [7, 11) is 0. The molecule has 0 saturated carbocycles. The van der Waals surface area contributed by atoms with Gasteiger partial charge in [0.25, 0.3) is 0 Å². The number of ether oxygens (including phenoxy) is 2. The van der Waals surface area contributed by atoms with Gasteiger partial charge in [-0.15, -0.1) is 47.5 Å². The molecular weight excluding hydrogens is 843 g/mol. The molecule has 0 aliphatic carbocycles. The van der Waals surface area contributed by atoms with Gasteiger partial charge in [-0.1, -0.05) is 99.4 Å². The Bertz CT molecular complexity index is 2880. The van der Waals surface area contributed by atoms with Crippen molar-refractivity contribution >= 4 is 17.1 Å². The molecule has 0 unspecified atom stereocenters. The minimum Gasteiger partial charge on any atom is -0.497 e. The van der Waals surface area contributed by atoms with Gasteiger partial charge in [0.2, 0.25) is 0 Å². The van der Waals surface area contributed by atoms with Crippen LogP contribution in [0.3, 0.4) is 0 Å². The van der Waals surface area contributed by atoms with Crippen LogP contribution in [0.25, 0.3) is 33.6 Å². The van der Waals surface area contributed by atoms with E-state index in [0.29, 0.717) is 39.6 Å². The van der Waals surface area contributed by atoms with Crippen molar-refractivity contribution in [3.63, 3.8) is 0 Å². The maximum absolute atomic E-state index is 8.72. The molecule has 271 valence electrons. The van der Waals surface area contributed by atoms with Crippen molar-refractivity contribution in [1.29, 1.82) is 0 Å². The number of anilines is 3. The van der Waals surface area contributed by atoms with E-state index < -0.39 is 32.3 Å². The summed E-state index contributed by atoms with van der Waals surface area (Å²) in [5.41, 5.74) is 5.32. The van der Waals surface area contributed by atoms with Crippen molar-refractivity contribution in [2.45, 2.75) is 47.7 Å². The zero-order valence-electron chi connectivity index (χ0n) is 40.6. The number of aromatic nitrogens is 2. The van der Waals surface area contributed by atoms with Crippen LogP contribution in [0.1, 0.15) is 58.1 Å². The summed E-state index contributed by atoms with van der Waals surface area (Å²) in [6, 6.07) is 39.4. The van der Waals surface area contributed by atoms with Crippen molar-refractivity contribution in [3.05, 3.63) is 162 Å². The van der Waals surface area contributed by atoms with Crippen LogP contribution < -0.4 is 14.4 Å². The van der Waals surface area contributed by atoms with Crippen LogP contribution in [0, 0.1) is 38.1 Å². The molecule has 9 rings (SSSR count). The molecule has 54 heavy (non-hydrogen) atoms. The number of hydrogen-bond donors (Lipinski definition) is 0. The van der Waals surface area contributed by atoms with Gasteiger partial charge in [0.05, 0.1) is 22.9 Å². The Labute approximate surface area is 347 Å². The van der Waals surface area contributed by atoms with Crippen LogP contribution in [0.15, 0.2) is 128 Å². The van der Waals surface area contributed by atoms with Gasteiger partial charge in [0.15, 0.2) is 0 Å². The number of hydrogen-bond acceptors (Lipinski definition) is 5. The number of para-hydroxylation sites is 4. The van der Waals surface area contributed by atoms with Gasteiger partial charge in [-0.05, 0) is 89.5 Å². The maximum atomic E-state index is 8.72. The minimum absolute atomic E-state index is 0. The van der Waals surface area contributed by atoms with E-state index in [1.807, 2.05) is 69.3 Å². The van der Waals surface area contributed by atoms with E-state index in [1.54, 1.807) is 48.7 Å². The average molecular weight is 895 g/mol. The Balaban J connectivity index is 0.000000193. The Morgan fingerprint density at radius 2 is 1.44 bits per heavy atom. The van der Waals surface area contributed by atoms with Crippen molar-refractivity contribution < 1.29 is 44.7 Å². The summed E-state index contributed by atoms with van der Waals surface area (Å²) in [5, 5.41) is 0. The first-order valence-electron chi connectivity index (χ1n) is 22.6. The van der Waals surface area contributed by atoms with Gasteiger partial charge < -0.3 is 24.3 Å². The molecule has 2 aliphatic heterocycles. The molecule has 0 spiro atoms. The molecular formula is C48H41IrN3O2-2. The molecule has 1 radical (unpaired) electrons. The average Bonchev–Trinajstić information content (AvgIpc) is 3.25. The van der Waals surface area contributed by atoms with Crippen molar-refractivity contribution in [1.82, 2.24) is 9.97 Å². The monoisotopic (exact) mass is 895 g/mol.